The lowest BCUT2D eigenvalue weighted by molar-refractivity contribution is -0.137. The summed E-state index contributed by atoms with van der Waals surface area (Å²) >= 11 is 5.86. The predicted molar refractivity (Wildman–Crippen MR) is 96.9 cm³/mol. The van der Waals surface area contributed by atoms with Gasteiger partial charge in [-0.15, -0.1) is 34.2 Å². The molecule has 2 rings (SSSR count). The van der Waals surface area contributed by atoms with Crippen molar-refractivity contribution in [1.29, 1.82) is 0 Å². The number of guanidine groups is 1. The number of nitrogens with zero attached hydrogens (tertiary/aromatic N) is 4. The second kappa shape index (κ2) is 8.19. The molecule has 6 nitrogen and oxygen atoms in total. The van der Waals surface area contributed by atoms with Crippen LogP contribution in [0.15, 0.2) is 17.3 Å². The van der Waals surface area contributed by atoms with Gasteiger partial charge in [-0.3, -0.25) is 9.39 Å². The van der Waals surface area contributed by atoms with Gasteiger partial charge in [0.05, 0.1) is 17.1 Å². The molecule has 0 amide bonds. The van der Waals surface area contributed by atoms with E-state index in [0.29, 0.717) is 11.8 Å². The van der Waals surface area contributed by atoms with Crippen LogP contribution in [0.3, 0.4) is 0 Å². The minimum atomic E-state index is -4.50. The first kappa shape index (κ1) is 20.7. The van der Waals surface area contributed by atoms with Crippen molar-refractivity contribution in [3.05, 3.63) is 28.7 Å². The number of aliphatic imine (C=N–C) groups is 1. The van der Waals surface area contributed by atoms with Crippen LogP contribution in [0.25, 0.3) is 5.65 Å². The molecule has 134 valence electrons. The van der Waals surface area contributed by atoms with E-state index in [1.54, 1.807) is 7.05 Å². The third kappa shape index (κ3) is 4.85. The molecule has 0 fully saturated rings. The molecule has 0 saturated heterocycles. The first-order chi connectivity index (χ1) is 10.7. The van der Waals surface area contributed by atoms with E-state index in [9.17, 15) is 13.2 Å². The number of nitrogens with one attached hydrogen (secondary N) is 2. The fourth-order valence-corrected chi connectivity index (χ4v) is 2.15. The standard InChI is InChI=1S/C13H16ClF3N6.HI/c1-7(2)20-12(18-3)19-5-10-21-22-11-9(14)4-8(6-23(10)11)13(15,16)17;/h4,6-7H,5H2,1-3H3,(H2,18,19,20);1H. The van der Waals surface area contributed by atoms with Crippen molar-refractivity contribution in [3.8, 4) is 0 Å². The van der Waals surface area contributed by atoms with Crippen LogP contribution < -0.4 is 10.6 Å². The molecule has 2 aromatic heterocycles. The molecule has 0 aliphatic carbocycles. The number of halogens is 5. The molecule has 0 radical (unpaired) electrons. The molecule has 2 heterocycles. The number of rotatable bonds is 3. The van der Waals surface area contributed by atoms with E-state index < -0.39 is 11.7 Å². The van der Waals surface area contributed by atoms with Crippen molar-refractivity contribution >= 4 is 47.2 Å². The third-order valence-corrected chi connectivity index (χ3v) is 3.20. The van der Waals surface area contributed by atoms with Gasteiger partial charge in [-0.25, -0.2) is 0 Å². The summed E-state index contributed by atoms with van der Waals surface area (Å²) in [6.45, 7) is 4.02. The highest BCUT2D eigenvalue weighted by atomic mass is 127. The van der Waals surface area contributed by atoms with Gasteiger partial charge in [0.1, 0.15) is 0 Å². The summed E-state index contributed by atoms with van der Waals surface area (Å²) < 4.78 is 39.9. The number of pyridine rings is 1. The summed E-state index contributed by atoms with van der Waals surface area (Å²) in [4.78, 5) is 4.01. The minimum absolute atomic E-state index is 0. The largest absolute Gasteiger partial charge is 0.417 e. The normalized spacial score (nSPS) is 12.4. The van der Waals surface area contributed by atoms with Crippen LogP contribution in [0.2, 0.25) is 5.02 Å². The lowest BCUT2D eigenvalue weighted by Crippen LogP contribution is -2.40. The van der Waals surface area contributed by atoms with Crippen LogP contribution in [0.1, 0.15) is 25.2 Å². The van der Waals surface area contributed by atoms with Crippen molar-refractivity contribution in [2.45, 2.75) is 32.6 Å². The zero-order chi connectivity index (χ0) is 17.2. The molecule has 2 aromatic rings. The summed E-state index contributed by atoms with van der Waals surface area (Å²) in [5.74, 6) is 0.800. The van der Waals surface area contributed by atoms with Gasteiger partial charge in [0.15, 0.2) is 17.4 Å². The number of hydrogen-bond acceptors (Lipinski definition) is 3. The number of alkyl halides is 3. The first-order valence-electron chi connectivity index (χ1n) is 6.80. The van der Waals surface area contributed by atoms with E-state index in [4.69, 9.17) is 11.6 Å². The van der Waals surface area contributed by atoms with Crippen molar-refractivity contribution in [1.82, 2.24) is 25.2 Å². The van der Waals surface area contributed by atoms with Crippen molar-refractivity contribution in [3.63, 3.8) is 0 Å². The molecule has 0 aliphatic rings. The van der Waals surface area contributed by atoms with E-state index in [1.807, 2.05) is 13.8 Å². The number of aromatic nitrogens is 3. The Kier molecular flexibility index (Phi) is 7.08. The van der Waals surface area contributed by atoms with Gasteiger partial charge in [-0.2, -0.15) is 13.2 Å². The maximum atomic E-state index is 12.9. The lowest BCUT2D eigenvalue weighted by Gasteiger charge is -2.14. The Balaban J connectivity index is 0.00000288. The quantitative estimate of drug-likeness (QED) is 0.406. The van der Waals surface area contributed by atoms with Crippen LogP contribution in [0, 0.1) is 0 Å². The van der Waals surface area contributed by atoms with Crippen LogP contribution in [-0.2, 0) is 12.7 Å². The van der Waals surface area contributed by atoms with E-state index in [1.165, 1.54) is 4.40 Å². The van der Waals surface area contributed by atoms with Crippen LogP contribution in [-0.4, -0.2) is 33.6 Å². The van der Waals surface area contributed by atoms with Crippen LogP contribution in [0.5, 0.6) is 0 Å². The minimum Gasteiger partial charge on any atom is -0.354 e. The molecule has 2 N–H and O–H groups in total. The highest BCUT2D eigenvalue weighted by molar-refractivity contribution is 14.0. The third-order valence-electron chi connectivity index (χ3n) is 2.92. The second-order valence-electron chi connectivity index (χ2n) is 5.11. The van der Waals surface area contributed by atoms with Gasteiger partial charge >= 0.3 is 6.18 Å². The van der Waals surface area contributed by atoms with E-state index in [0.717, 1.165) is 12.3 Å². The van der Waals surface area contributed by atoms with Crippen LogP contribution >= 0.6 is 35.6 Å². The molecule has 0 bridgehead atoms. The molecule has 0 spiro atoms. The second-order valence-corrected chi connectivity index (χ2v) is 5.52. The summed E-state index contributed by atoms with van der Waals surface area (Å²) in [5, 5.41) is 13.6. The molecule has 24 heavy (non-hydrogen) atoms. The summed E-state index contributed by atoms with van der Waals surface area (Å²) in [5.41, 5.74) is -0.691. The lowest BCUT2D eigenvalue weighted by atomic mass is 10.3. The van der Waals surface area contributed by atoms with E-state index in [2.05, 4.69) is 25.8 Å². The first-order valence-corrected chi connectivity index (χ1v) is 7.17. The predicted octanol–water partition coefficient (Wildman–Crippen LogP) is 3.09. The van der Waals surface area contributed by atoms with E-state index >= 15 is 0 Å². The van der Waals surface area contributed by atoms with Gasteiger partial charge < -0.3 is 10.6 Å². The molecule has 11 heteroatoms. The Labute approximate surface area is 158 Å². The zero-order valence-corrected chi connectivity index (χ0v) is 16.2. The zero-order valence-electron chi connectivity index (χ0n) is 13.1. The smallest absolute Gasteiger partial charge is 0.354 e. The van der Waals surface area contributed by atoms with Crippen molar-refractivity contribution in [2.24, 2.45) is 4.99 Å². The fourth-order valence-electron chi connectivity index (χ4n) is 1.91. The fraction of sp³-hybridized carbons (Fsp3) is 0.462. The van der Waals surface area contributed by atoms with Crippen LogP contribution in [0.4, 0.5) is 13.2 Å². The average molecular weight is 477 g/mol. The Morgan fingerprint density at radius 3 is 2.58 bits per heavy atom. The van der Waals surface area contributed by atoms with Gasteiger partial charge in [-0.1, -0.05) is 11.6 Å². The molecule has 0 aliphatic heterocycles. The molecular formula is C13H17ClF3IN6. The molecular weight excluding hydrogens is 460 g/mol. The average Bonchev–Trinajstić information content (AvgIpc) is 2.85. The number of hydrogen-bond donors (Lipinski definition) is 2. The molecule has 0 saturated carbocycles. The Morgan fingerprint density at radius 1 is 1.38 bits per heavy atom. The SMILES string of the molecule is CN=C(NCc1nnc2c(Cl)cc(C(F)(F)F)cn12)NC(C)C.I. The highest BCUT2D eigenvalue weighted by Crippen LogP contribution is 2.32. The van der Waals surface area contributed by atoms with Gasteiger partial charge in [0.2, 0.25) is 0 Å². The van der Waals surface area contributed by atoms with Gasteiger partial charge in [-0.05, 0) is 19.9 Å². The van der Waals surface area contributed by atoms with Crippen molar-refractivity contribution in [2.75, 3.05) is 7.05 Å². The van der Waals surface area contributed by atoms with Gasteiger partial charge in [0, 0.05) is 19.3 Å². The number of fused-ring (bicyclic) bond motifs is 1. The van der Waals surface area contributed by atoms with Crippen molar-refractivity contribution < 1.29 is 13.2 Å². The summed E-state index contributed by atoms with van der Waals surface area (Å²) in [7, 11) is 1.60. The summed E-state index contributed by atoms with van der Waals surface area (Å²) in [6.07, 6.45) is -3.57. The maximum Gasteiger partial charge on any atom is 0.417 e. The maximum absolute atomic E-state index is 12.9. The Morgan fingerprint density at radius 2 is 2.04 bits per heavy atom. The highest BCUT2D eigenvalue weighted by Gasteiger charge is 2.32. The van der Waals surface area contributed by atoms with Gasteiger partial charge in [0.25, 0.3) is 0 Å². The van der Waals surface area contributed by atoms with E-state index in [-0.39, 0.29) is 47.2 Å². The molecule has 0 aromatic carbocycles. The molecule has 0 unspecified atom stereocenters. The monoisotopic (exact) mass is 476 g/mol. The Hall–Kier alpha value is -1.30. The summed E-state index contributed by atoms with van der Waals surface area (Å²) in [6, 6.07) is 0.991. The topological polar surface area (TPSA) is 66.6 Å². The molecule has 0 atom stereocenters. The Bertz CT molecular complexity index is 728.